The zero-order valence-corrected chi connectivity index (χ0v) is 14.2. The van der Waals surface area contributed by atoms with Gasteiger partial charge in [0.2, 0.25) is 0 Å². The lowest BCUT2D eigenvalue weighted by molar-refractivity contribution is -0.142. The SMILES string of the molecule is CCN1c2c(c(=O)ccc3cc4[nH]ccc4cc23)C=CC1(CO)C(=O)O. The highest BCUT2D eigenvalue weighted by atomic mass is 16.4. The number of hydrogen-bond donors (Lipinski definition) is 3. The Hall–Kier alpha value is -3.12. The van der Waals surface area contributed by atoms with Crippen LogP contribution in [0.3, 0.4) is 0 Å². The average molecular weight is 350 g/mol. The monoisotopic (exact) mass is 350 g/mol. The van der Waals surface area contributed by atoms with E-state index in [0.717, 1.165) is 21.7 Å². The molecule has 132 valence electrons. The maximum Gasteiger partial charge on any atom is 0.336 e. The number of hydrogen-bond acceptors (Lipinski definition) is 4. The minimum Gasteiger partial charge on any atom is -0.479 e. The van der Waals surface area contributed by atoms with Crippen LogP contribution >= 0.6 is 0 Å². The minimum absolute atomic E-state index is 0.188. The lowest BCUT2D eigenvalue weighted by atomic mass is 9.90. The Morgan fingerprint density at radius 1 is 1.23 bits per heavy atom. The number of carbonyl (C=O) groups is 1. The van der Waals surface area contributed by atoms with Crippen molar-refractivity contribution in [3.63, 3.8) is 0 Å². The van der Waals surface area contributed by atoms with Crippen molar-refractivity contribution < 1.29 is 15.0 Å². The van der Waals surface area contributed by atoms with Crippen LogP contribution in [0.15, 0.2) is 47.4 Å². The highest BCUT2D eigenvalue weighted by Crippen LogP contribution is 2.39. The molecule has 26 heavy (non-hydrogen) atoms. The summed E-state index contributed by atoms with van der Waals surface area (Å²) in [5.41, 5.74) is 0.127. The van der Waals surface area contributed by atoms with Gasteiger partial charge in [-0.05, 0) is 48.7 Å². The van der Waals surface area contributed by atoms with E-state index < -0.39 is 18.1 Å². The summed E-state index contributed by atoms with van der Waals surface area (Å²) in [4.78, 5) is 29.4. The van der Waals surface area contributed by atoms with Gasteiger partial charge in [-0.2, -0.15) is 0 Å². The highest BCUT2D eigenvalue weighted by Gasteiger charge is 2.44. The standard InChI is InChI=1S/C20H18N2O4/c1-2-22-18-14(5-7-20(22,11-23)19(25)26)17(24)4-3-12-10-16-13(6-8-21-16)9-15(12)18/h3-10,21,23H,2,11H2,1H3,(H,25,26). The van der Waals surface area contributed by atoms with Crippen molar-refractivity contribution in [1.82, 2.24) is 4.98 Å². The van der Waals surface area contributed by atoms with E-state index in [9.17, 15) is 19.8 Å². The van der Waals surface area contributed by atoms with Crippen LogP contribution in [0, 0.1) is 0 Å². The Bertz CT molecular complexity index is 1130. The molecule has 2 aromatic carbocycles. The van der Waals surface area contributed by atoms with Crippen LogP contribution in [0.25, 0.3) is 27.8 Å². The smallest absolute Gasteiger partial charge is 0.336 e. The summed E-state index contributed by atoms with van der Waals surface area (Å²) in [5, 5.41) is 22.3. The molecule has 0 amide bonds. The maximum atomic E-state index is 12.6. The van der Waals surface area contributed by atoms with Crippen molar-refractivity contribution in [2.45, 2.75) is 12.5 Å². The number of aliphatic hydroxyl groups is 1. The molecule has 0 radical (unpaired) electrons. The summed E-state index contributed by atoms with van der Waals surface area (Å²) >= 11 is 0. The summed E-state index contributed by atoms with van der Waals surface area (Å²) in [6, 6.07) is 9.07. The first kappa shape index (κ1) is 16.4. The lowest BCUT2D eigenvalue weighted by Gasteiger charge is -2.41. The number of nitrogens with zero attached hydrogens (tertiary/aromatic N) is 1. The molecule has 1 atom stereocenters. The van der Waals surface area contributed by atoms with Crippen molar-refractivity contribution in [2.75, 3.05) is 18.1 Å². The number of carboxylic acids is 1. The number of aliphatic carboxylic acids is 1. The Kier molecular flexibility index (Phi) is 3.59. The highest BCUT2D eigenvalue weighted by molar-refractivity contribution is 6.07. The van der Waals surface area contributed by atoms with Crippen molar-refractivity contribution >= 4 is 39.4 Å². The van der Waals surface area contributed by atoms with Gasteiger partial charge in [0, 0.05) is 34.6 Å². The van der Waals surface area contributed by atoms with Crippen LogP contribution in [0.2, 0.25) is 0 Å². The molecule has 0 spiro atoms. The van der Waals surface area contributed by atoms with E-state index in [2.05, 4.69) is 4.98 Å². The van der Waals surface area contributed by atoms with E-state index in [1.54, 1.807) is 11.0 Å². The largest absolute Gasteiger partial charge is 0.479 e. The van der Waals surface area contributed by atoms with Crippen molar-refractivity contribution in [1.29, 1.82) is 0 Å². The van der Waals surface area contributed by atoms with Crippen LogP contribution in [0.5, 0.6) is 0 Å². The maximum absolute atomic E-state index is 12.6. The third-order valence-electron chi connectivity index (χ3n) is 5.12. The molecule has 1 aliphatic heterocycles. The summed E-state index contributed by atoms with van der Waals surface area (Å²) in [6.07, 6.45) is 4.76. The minimum atomic E-state index is -1.59. The molecule has 4 rings (SSSR count). The van der Waals surface area contributed by atoms with Gasteiger partial charge in [0.15, 0.2) is 11.0 Å². The van der Waals surface area contributed by atoms with E-state index in [-0.39, 0.29) is 5.43 Å². The van der Waals surface area contributed by atoms with Crippen molar-refractivity contribution in [2.24, 2.45) is 0 Å². The van der Waals surface area contributed by atoms with Gasteiger partial charge in [-0.3, -0.25) is 4.79 Å². The quantitative estimate of drug-likeness (QED) is 0.674. The molecule has 0 saturated carbocycles. The summed E-state index contributed by atoms with van der Waals surface area (Å²) in [6.45, 7) is 1.55. The van der Waals surface area contributed by atoms with Gasteiger partial charge in [0.25, 0.3) is 0 Å². The van der Waals surface area contributed by atoms with E-state index in [1.165, 1.54) is 18.2 Å². The van der Waals surface area contributed by atoms with Gasteiger partial charge < -0.3 is 20.1 Å². The molecule has 6 nitrogen and oxygen atoms in total. The number of fused-ring (bicyclic) bond motifs is 4. The molecule has 1 aliphatic rings. The molecule has 2 heterocycles. The zero-order chi connectivity index (χ0) is 18.5. The zero-order valence-electron chi connectivity index (χ0n) is 14.2. The predicted molar refractivity (Wildman–Crippen MR) is 102 cm³/mol. The molecule has 1 aromatic heterocycles. The third-order valence-corrected chi connectivity index (χ3v) is 5.12. The number of benzene rings is 1. The molecule has 3 N–H and O–H groups in total. The Morgan fingerprint density at radius 3 is 2.73 bits per heavy atom. The molecule has 0 fully saturated rings. The summed E-state index contributed by atoms with van der Waals surface area (Å²) < 4.78 is 0. The Morgan fingerprint density at radius 2 is 2.04 bits per heavy atom. The second kappa shape index (κ2) is 5.71. The van der Waals surface area contributed by atoms with Crippen molar-refractivity contribution in [3.8, 4) is 0 Å². The molecular weight excluding hydrogens is 332 g/mol. The number of anilines is 1. The first-order valence-electron chi connectivity index (χ1n) is 8.41. The molecule has 3 aromatic rings. The second-order valence-electron chi connectivity index (χ2n) is 6.43. The number of H-pyrrole nitrogens is 1. The van der Waals surface area contributed by atoms with Crippen LogP contribution in [0.1, 0.15) is 12.5 Å². The van der Waals surface area contributed by atoms with E-state index in [0.29, 0.717) is 17.8 Å². The van der Waals surface area contributed by atoms with Crippen LogP contribution in [-0.4, -0.2) is 39.9 Å². The molecular formula is C20H18N2O4. The fourth-order valence-electron chi connectivity index (χ4n) is 3.77. The van der Waals surface area contributed by atoms with Gasteiger partial charge in [0.05, 0.1) is 12.3 Å². The lowest BCUT2D eigenvalue weighted by Crippen LogP contribution is -2.58. The van der Waals surface area contributed by atoms with Gasteiger partial charge >= 0.3 is 5.97 Å². The first-order chi connectivity index (χ1) is 12.5. The number of carboxylic acid groups (broad SMARTS) is 1. The van der Waals surface area contributed by atoms with Crippen LogP contribution < -0.4 is 10.3 Å². The van der Waals surface area contributed by atoms with Gasteiger partial charge in [-0.1, -0.05) is 6.07 Å². The van der Waals surface area contributed by atoms with Crippen LogP contribution in [0.4, 0.5) is 5.69 Å². The number of aromatic nitrogens is 1. The van der Waals surface area contributed by atoms with E-state index >= 15 is 0 Å². The molecule has 0 saturated heterocycles. The third kappa shape index (κ3) is 2.09. The van der Waals surface area contributed by atoms with E-state index in [4.69, 9.17) is 0 Å². The molecule has 0 aliphatic carbocycles. The van der Waals surface area contributed by atoms with Gasteiger partial charge in [0.1, 0.15) is 0 Å². The number of aromatic amines is 1. The Labute approximate surface area is 149 Å². The molecule has 1 unspecified atom stereocenters. The first-order valence-corrected chi connectivity index (χ1v) is 8.41. The molecule has 0 bridgehead atoms. The average Bonchev–Trinajstić information content (AvgIpc) is 3.05. The van der Waals surface area contributed by atoms with Crippen LogP contribution in [-0.2, 0) is 4.79 Å². The number of rotatable bonds is 3. The predicted octanol–water partition coefficient (Wildman–Crippen LogP) is 2.35. The number of aliphatic hydroxyl groups excluding tert-OH is 1. The summed E-state index contributed by atoms with van der Waals surface area (Å²) in [5.74, 6) is -1.15. The fourth-order valence-corrected chi connectivity index (χ4v) is 3.77. The number of likely N-dealkylation sites (N-methyl/N-ethyl adjacent to an activating group) is 1. The normalized spacial score (nSPS) is 19.1. The van der Waals surface area contributed by atoms with Crippen molar-refractivity contribution in [3.05, 3.63) is 58.4 Å². The summed E-state index contributed by atoms with van der Waals surface area (Å²) in [7, 11) is 0. The fraction of sp³-hybridized carbons (Fsp3) is 0.200. The van der Waals surface area contributed by atoms with E-state index in [1.807, 2.05) is 31.3 Å². The Balaban J connectivity index is 2.19. The topological polar surface area (TPSA) is 93.6 Å². The van der Waals surface area contributed by atoms with Gasteiger partial charge in [-0.15, -0.1) is 0 Å². The van der Waals surface area contributed by atoms with Gasteiger partial charge in [-0.25, -0.2) is 4.79 Å². The second-order valence-corrected chi connectivity index (χ2v) is 6.43. The molecule has 6 heteroatoms. The number of nitrogens with one attached hydrogen (secondary N) is 1.